The summed E-state index contributed by atoms with van der Waals surface area (Å²) < 4.78 is 0. The lowest BCUT2D eigenvalue weighted by atomic mass is 9.76. The number of allylic oxidation sites excluding steroid dienone is 1. The predicted molar refractivity (Wildman–Crippen MR) is 77.2 cm³/mol. The van der Waals surface area contributed by atoms with Gasteiger partial charge < -0.3 is 5.32 Å². The van der Waals surface area contributed by atoms with Gasteiger partial charge in [0.15, 0.2) is 0 Å². The van der Waals surface area contributed by atoms with Crippen LogP contribution >= 0.6 is 0 Å². The summed E-state index contributed by atoms with van der Waals surface area (Å²) in [7, 11) is 0. The summed E-state index contributed by atoms with van der Waals surface area (Å²) in [5, 5.41) is 3.52. The summed E-state index contributed by atoms with van der Waals surface area (Å²) in [6.07, 6.45) is 10.2. The number of nitrogens with one attached hydrogen (secondary N) is 1. The van der Waals surface area contributed by atoms with Crippen LogP contribution < -0.4 is 5.32 Å². The van der Waals surface area contributed by atoms with Crippen LogP contribution in [0.4, 0.5) is 0 Å². The van der Waals surface area contributed by atoms with E-state index >= 15 is 0 Å². The molecule has 1 saturated carbocycles. The van der Waals surface area contributed by atoms with Gasteiger partial charge >= 0.3 is 0 Å². The van der Waals surface area contributed by atoms with Gasteiger partial charge in [-0.3, -0.25) is 0 Å². The fourth-order valence-corrected chi connectivity index (χ4v) is 2.58. The van der Waals surface area contributed by atoms with Gasteiger partial charge in [-0.1, -0.05) is 26.0 Å². The lowest BCUT2D eigenvalue weighted by molar-refractivity contribution is 0.236. The highest BCUT2D eigenvalue weighted by Crippen LogP contribution is 2.33. The van der Waals surface area contributed by atoms with Crippen molar-refractivity contribution in [2.75, 3.05) is 6.54 Å². The number of rotatable bonds is 4. The van der Waals surface area contributed by atoms with Crippen LogP contribution in [0.2, 0.25) is 0 Å². The van der Waals surface area contributed by atoms with Gasteiger partial charge in [0.2, 0.25) is 0 Å². The van der Waals surface area contributed by atoms with E-state index in [2.05, 4.69) is 52.1 Å². The Labute approximate surface area is 108 Å². The van der Waals surface area contributed by atoms with Crippen LogP contribution in [0.25, 0.3) is 0 Å². The minimum Gasteiger partial charge on any atom is -0.312 e. The van der Waals surface area contributed by atoms with E-state index < -0.39 is 0 Å². The molecule has 1 aliphatic rings. The van der Waals surface area contributed by atoms with E-state index in [4.69, 9.17) is 0 Å². The van der Waals surface area contributed by atoms with Gasteiger partial charge in [-0.25, -0.2) is 0 Å². The molecule has 1 rings (SSSR count). The van der Waals surface area contributed by atoms with E-state index in [0.717, 1.165) is 30.7 Å². The molecule has 100 valence electrons. The first kappa shape index (κ1) is 14.8. The molecular formula is C16H31N. The van der Waals surface area contributed by atoms with Crippen LogP contribution in [0.5, 0.6) is 0 Å². The first-order valence-electron chi connectivity index (χ1n) is 7.30. The SMILES string of the molecule is CC1CCC(/C=C/CCNC(C)(C)C)CC1C. The molecule has 17 heavy (non-hydrogen) atoms. The standard InChI is InChI=1S/C16H31N/c1-13-9-10-15(12-14(13)2)8-6-7-11-17-16(3,4)5/h6,8,13-15,17H,7,9-12H2,1-5H3/b8-6+. The van der Waals surface area contributed by atoms with Crippen molar-refractivity contribution in [2.24, 2.45) is 17.8 Å². The molecule has 0 aromatic carbocycles. The van der Waals surface area contributed by atoms with Crippen molar-refractivity contribution in [3.8, 4) is 0 Å². The number of hydrogen-bond donors (Lipinski definition) is 1. The first-order valence-corrected chi connectivity index (χ1v) is 7.30. The summed E-state index contributed by atoms with van der Waals surface area (Å²) in [4.78, 5) is 0. The Kier molecular flexibility index (Phi) is 5.72. The third-order valence-corrected chi connectivity index (χ3v) is 4.01. The molecule has 0 amide bonds. The highest BCUT2D eigenvalue weighted by molar-refractivity contribution is 4.92. The van der Waals surface area contributed by atoms with E-state index in [-0.39, 0.29) is 5.54 Å². The van der Waals surface area contributed by atoms with Crippen LogP contribution in [-0.2, 0) is 0 Å². The minimum absolute atomic E-state index is 0.253. The van der Waals surface area contributed by atoms with Crippen molar-refractivity contribution >= 4 is 0 Å². The van der Waals surface area contributed by atoms with E-state index in [9.17, 15) is 0 Å². The molecule has 1 fully saturated rings. The third kappa shape index (κ3) is 6.26. The molecule has 0 radical (unpaired) electrons. The second-order valence-corrected chi connectivity index (χ2v) is 6.92. The Bertz CT molecular complexity index is 236. The molecule has 1 heteroatoms. The van der Waals surface area contributed by atoms with Gasteiger partial charge in [-0.2, -0.15) is 0 Å². The quantitative estimate of drug-likeness (QED) is 0.565. The lowest BCUT2D eigenvalue weighted by Crippen LogP contribution is -2.36. The van der Waals surface area contributed by atoms with Crippen LogP contribution in [0.1, 0.15) is 60.3 Å². The number of hydrogen-bond acceptors (Lipinski definition) is 1. The topological polar surface area (TPSA) is 12.0 Å². The molecular weight excluding hydrogens is 206 g/mol. The van der Waals surface area contributed by atoms with Crippen molar-refractivity contribution in [3.05, 3.63) is 12.2 Å². The van der Waals surface area contributed by atoms with Crippen molar-refractivity contribution in [1.29, 1.82) is 0 Å². The maximum Gasteiger partial charge on any atom is 0.00966 e. The van der Waals surface area contributed by atoms with Gasteiger partial charge in [-0.05, 0) is 70.8 Å². The zero-order valence-corrected chi connectivity index (χ0v) is 12.4. The van der Waals surface area contributed by atoms with Crippen molar-refractivity contribution < 1.29 is 0 Å². The average Bonchev–Trinajstić information content (AvgIpc) is 2.21. The molecule has 0 bridgehead atoms. The molecule has 1 aliphatic carbocycles. The molecule has 1 nitrogen and oxygen atoms in total. The van der Waals surface area contributed by atoms with E-state index in [1.807, 2.05) is 0 Å². The van der Waals surface area contributed by atoms with Crippen LogP contribution in [0.15, 0.2) is 12.2 Å². The van der Waals surface area contributed by atoms with E-state index in [0.29, 0.717) is 0 Å². The fraction of sp³-hybridized carbons (Fsp3) is 0.875. The van der Waals surface area contributed by atoms with E-state index in [1.54, 1.807) is 0 Å². The Morgan fingerprint density at radius 3 is 2.41 bits per heavy atom. The van der Waals surface area contributed by atoms with Crippen LogP contribution in [-0.4, -0.2) is 12.1 Å². The van der Waals surface area contributed by atoms with Gasteiger partial charge in [0.1, 0.15) is 0 Å². The highest BCUT2D eigenvalue weighted by Gasteiger charge is 2.22. The fourth-order valence-electron chi connectivity index (χ4n) is 2.58. The maximum absolute atomic E-state index is 3.52. The van der Waals surface area contributed by atoms with Crippen LogP contribution in [0, 0.1) is 17.8 Å². The zero-order chi connectivity index (χ0) is 12.9. The third-order valence-electron chi connectivity index (χ3n) is 4.01. The molecule has 0 heterocycles. The molecule has 0 spiro atoms. The Morgan fingerprint density at radius 1 is 1.12 bits per heavy atom. The maximum atomic E-state index is 3.52. The smallest absolute Gasteiger partial charge is 0.00966 e. The average molecular weight is 237 g/mol. The summed E-state index contributed by atoms with van der Waals surface area (Å²) in [5.41, 5.74) is 0.253. The Balaban J connectivity index is 2.17. The van der Waals surface area contributed by atoms with Crippen molar-refractivity contribution in [1.82, 2.24) is 5.32 Å². The second-order valence-electron chi connectivity index (χ2n) is 6.92. The van der Waals surface area contributed by atoms with Gasteiger partial charge in [0.25, 0.3) is 0 Å². The van der Waals surface area contributed by atoms with Gasteiger partial charge in [0.05, 0.1) is 0 Å². The molecule has 3 atom stereocenters. The summed E-state index contributed by atoms with van der Waals surface area (Å²) >= 11 is 0. The van der Waals surface area contributed by atoms with Gasteiger partial charge in [0, 0.05) is 5.54 Å². The lowest BCUT2D eigenvalue weighted by Gasteiger charge is -2.30. The monoisotopic (exact) mass is 237 g/mol. The van der Waals surface area contributed by atoms with Crippen molar-refractivity contribution in [2.45, 2.75) is 65.8 Å². The Morgan fingerprint density at radius 2 is 1.82 bits per heavy atom. The highest BCUT2D eigenvalue weighted by atomic mass is 14.9. The predicted octanol–water partition coefficient (Wildman–Crippen LogP) is 4.39. The van der Waals surface area contributed by atoms with Crippen molar-refractivity contribution in [3.63, 3.8) is 0 Å². The molecule has 1 N–H and O–H groups in total. The largest absolute Gasteiger partial charge is 0.312 e. The normalized spacial score (nSPS) is 31.0. The molecule has 0 aliphatic heterocycles. The molecule has 0 aromatic heterocycles. The summed E-state index contributed by atoms with van der Waals surface area (Å²) in [6.45, 7) is 12.6. The van der Waals surface area contributed by atoms with Crippen LogP contribution in [0.3, 0.4) is 0 Å². The summed E-state index contributed by atoms with van der Waals surface area (Å²) in [5.74, 6) is 2.68. The summed E-state index contributed by atoms with van der Waals surface area (Å²) in [6, 6.07) is 0. The minimum atomic E-state index is 0.253. The second kappa shape index (κ2) is 6.58. The molecule has 0 saturated heterocycles. The van der Waals surface area contributed by atoms with E-state index in [1.165, 1.54) is 19.3 Å². The first-order chi connectivity index (χ1) is 7.88. The Hall–Kier alpha value is -0.300. The zero-order valence-electron chi connectivity index (χ0n) is 12.4. The van der Waals surface area contributed by atoms with Gasteiger partial charge in [-0.15, -0.1) is 0 Å². The molecule has 3 unspecified atom stereocenters. The molecule has 0 aromatic rings.